The molecule has 0 atom stereocenters. The van der Waals surface area contributed by atoms with E-state index in [0.717, 1.165) is 10.7 Å². The highest BCUT2D eigenvalue weighted by atomic mass is 32.1. The average molecular weight is 495 g/mol. The van der Waals surface area contributed by atoms with Crippen LogP contribution in [0.3, 0.4) is 0 Å². The Labute approximate surface area is 204 Å². The molecule has 0 fully saturated rings. The third-order valence-electron chi connectivity index (χ3n) is 4.83. The standard InChI is InChI=1S/C25H22N2O7S/c1-3-31-25(30)27-18-7-8-21-17(10-23(28)34-22(21)11-18)12-33-24(29)16-5-4-6-20(9-16)32-13-19-14-35-15(2)26-19/h4-11,14H,3,12-13H2,1-2H3,(H,27,30). The Morgan fingerprint density at radius 3 is 2.71 bits per heavy atom. The molecule has 0 radical (unpaired) electrons. The van der Waals surface area contributed by atoms with Gasteiger partial charge in [0, 0.05) is 34.1 Å². The summed E-state index contributed by atoms with van der Waals surface area (Å²) < 4.78 is 21.3. The van der Waals surface area contributed by atoms with E-state index in [-0.39, 0.29) is 18.8 Å². The summed E-state index contributed by atoms with van der Waals surface area (Å²) in [5.74, 6) is -0.0560. The minimum Gasteiger partial charge on any atom is -0.487 e. The largest absolute Gasteiger partial charge is 0.487 e. The molecule has 0 aliphatic heterocycles. The van der Waals surface area contributed by atoms with Crippen molar-refractivity contribution in [3.63, 3.8) is 0 Å². The number of fused-ring (bicyclic) bond motifs is 1. The number of hydrogen-bond donors (Lipinski definition) is 1. The van der Waals surface area contributed by atoms with Gasteiger partial charge in [0.15, 0.2) is 0 Å². The summed E-state index contributed by atoms with van der Waals surface area (Å²) in [7, 11) is 0. The smallest absolute Gasteiger partial charge is 0.411 e. The molecule has 4 aromatic rings. The van der Waals surface area contributed by atoms with Crippen molar-refractivity contribution in [3.05, 3.63) is 86.2 Å². The van der Waals surface area contributed by atoms with Gasteiger partial charge in [-0.1, -0.05) is 6.07 Å². The zero-order valence-electron chi connectivity index (χ0n) is 19.0. The first-order chi connectivity index (χ1) is 16.9. The van der Waals surface area contributed by atoms with Crippen LogP contribution in [0.15, 0.2) is 63.1 Å². The second-order valence-corrected chi connectivity index (χ2v) is 8.46. The number of carbonyl (C=O) groups is 2. The first-order valence-corrected chi connectivity index (χ1v) is 11.6. The fourth-order valence-electron chi connectivity index (χ4n) is 3.28. The van der Waals surface area contributed by atoms with E-state index in [2.05, 4.69) is 10.3 Å². The van der Waals surface area contributed by atoms with Gasteiger partial charge >= 0.3 is 17.7 Å². The fraction of sp³-hybridized carbons (Fsp3) is 0.200. The molecule has 4 rings (SSSR count). The number of thiazole rings is 1. The molecule has 0 aliphatic carbocycles. The van der Waals surface area contributed by atoms with Crippen LogP contribution in [0.2, 0.25) is 0 Å². The Balaban J connectivity index is 1.44. The van der Waals surface area contributed by atoms with Crippen molar-refractivity contribution in [2.45, 2.75) is 27.1 Å². The van der Waals surface area contributed by atoms with Crippen LogP contribution in [0.1, 0.15) is 33.5 Å². The van der Waals surface area contributed by atoms with Crippen molar-refractivity contribution < 1.29 is 28.2 Å². The molecule has 1 amide bonds. The van der Waals surface area contributed by atoms with Crippen LogP contribution in [0.25, 0.3) is 11.0 Å². The van der Waals surface area contributed by atoms with Crippen LogP contribution in [0, 0.1) is 6.92 Å². The second kappa shape index (κ2) is 10.8. The Hall–Kier alpha value is -4.18. The molecule has 0 saturated heterocycles. The Bertz CT molecular complexity index is 1430. The number of aryl methyl sites for hydroxylation is 1. The highest BCUT2D eigenvalue weighted by Gasteiger charge is 2.13. The predicted octanol–water partition coefficient (Wildman–Crippen LogP) is 5.06. The van der Waals surface area contributed by atoms with E-state index in [4.69, 9.17) is 18.6 Å². The van der Waals surface area contributed by atoms with E-state index >= 15 is 0 Å². The van der Waals surface area contributed by atoms with Gasteiger partial charge in [0.1, 0.15) is 24.5 Å². The summed E-state index contributed by atoms with van der Waals surface area (Å²) in [5.41, 5.74) is 1.63. The molecule has 0 aliphatic rings. The topological polar surface area (TPSA) is 117 Å². The summed E-state index contributed by atoms with van der Waals surface area (Å²) in [4.78, 5) is 40.7. The maximum absolute atomic E-state index is 12.7. The van der Waals surface area contributed by atoms with Crippen molar-refractivity contribution in [3.8, 4) is 5.75 Å². The SMILES string of the molecule is CCOC(=O)Nc1ccc2c(COC(=O)c3cccc(OCc4csc(C)n4)c3)cc(=O)oc2c1. The van der Waals surface area contributed by atoms with E-state index in [1.165, 1.54) is 12.1 Å². The minimum atomic E-state index is -0.618. The van der Waals surface area contributed by atoms with Crippen LogP contribution in [-0.4, -0.2) is 23.7 Å². The number of amides is 1. The molecule has 2 heterocycles. The number of ether oxygens (including phenoxy) is 3. The van der Waals surface area contributed by atoms with Gasteiger partial charge < -0.3 is 18.6 Å². The average Bonchev–Trinajstić information content (AvgIpc) is 3.26. The van der Waals surface area contributed by atoms with E-state index in [1.807, 2.05) is 12.3 Å². The first-order valence-electron chi connectivity index (χ1n) is 10.7. The Morgan fingerprint density at radius 2 is 1.94 bits per heavy atom. The lowest BCUT2D eigenvalue weighted by atomic mass is 10.1. The number of hydrogen-bond acceptors (Lipinski definition) is 9. The van der Waals surface area contributed by atoms with Crippen LogP contribution >= 0.6 is 11.3 Å². The molecule has 2 aromatic carbocycles. The highest BCUT2D eigenvalue weighted by Crippen LogP contribution is 2.23. The van der Waals surface area contributed by atoms with Gasteiger partial charge in [-0.05, 0) is 44.2 Å². The van der Waals surface area contributed by atoms with Crippen LogP contribution in [0.4, 0.5) is 10.5 Å². The lowest BCUT2D eigenvalue weighted by Gasteiger charge is -2.10. The van der Waals surface area contributed by atoms with Gasteiger partial charge in [-0.2, -0.15) is 0 Å². The van der Waals surface area contributed by atoms with Gasteiger partial charge in [0.2, 0.25) is 0 Å². The molecule has 0 saturated carbocycles. The molecule has 35 heavy (non-hydrogen) atoms. The summed E-state index contributed by atoms with van der Waals surface area (Å²) in [6.07, 6.45) is -0.618. The van der Waals surface area contributed by atoms with Crippen molar-refractivity contribution in [2.75, 3.05) is 11.9 Å². The Kier molecular flexibility index (Phi) is 7.41. The maximum Gasteiger partial charge on any atom is 0.411 e. The third-order valence-corrected chi connectivity index (χ3v) is 5.66. The van der Waals surface area contributed by atoms with Gasteiger partial charge in [-0.25, -0.2) is 19.4 Å². The molecular formula is C25H22N2O7S. The number of rotatable bonds is 8. The lowest BCUT2D eigenvalue weighted by Crippen LogP contribution is -2.13. The van der Waals surface area contributed by atoms with E-state index < -0.39 is 17.7 Å². The van der Waals surface area contributed by atoms with Gasteiger partial charge in [-0.3, -0.25) is 5.32 Å². The Morgan fingerprint density at radius 1 is 1.09 bits per heavy atom. The van der Waals surface area contributed by atoms with Crippen LogP contribution < -0.4 is 15.7 Å². The molecule has 2 aromatic heterocycles. The second-order valence-electron chi connectivity index (χ2n) is 7.40. The van der Waals surface area contributed by atoms with Gasteiger partial charge in [0.05, 0.1) is 22.9 Å². The van der Waals surface area contributed by atoms with Crippen LogP contribution in [0.5, 0.6) is 5.75 Å². The summed E-state index contributed by atoms with van der Waals surface area (Å²) in [6, 6.07) is 12.7. The number of carbonyl (C=O) groups excluding carboxylic acids is 2. The molecule has 0 unspecified atom stereocenters. The van der Waals surface area contributed by atoms with Crippen LogP contribution in [-0.2, 0) is 22.7 Å². The van der Waals surface area contributed by atoms with E-state index in [9.17, 15) is 14.4 Å². The number of nitrogens with zero attached hydrogens (tertiary/aromatic N) is 1. The van der Waals surface area contributed by atoms with Gasteiger partial charge in [-0.15, -0.1) is 11.3 Å². The monoisotopic (exact) mass is 494 g/mol. The van der Waals surface area contributed by atoms with Crippen molar-refractivity contribution in [2.24, 2.45) is 0 Å². The van der Waals surface area contributed by atoms with Crippen molar-refractivity contribution in [1.29, 1.82) is 0 Å². The van der Waals surface area contributed by atoms with Crippen molar-refractivity contribution >= 4 is 40.1 Å². The zero-order valence-corrected chi connectivity index (χ0v) is 19.8. The minimum absolute atomic E-state index is 0.144. The fourth-order valence-corrected chi connectivity index (χ4v) is 3.88. The van der Waals surface area contributed by atoms with Crippen molar-refractivity contribution in [1.82, 2.24) is 4.98 Å². The first kappa shape index (κ1) is 24.0. The molecular weight excluding hydrogens is 472 g/mol. The number of benzene rings is 2. The molecule has 0 bridgehead atoms. The lowest BCUT2D eigenvalue weighted by molar-refractivity contribution is 0.0473. The number of anilines is 1. The normalized spacial score (nSPS) is 10.7. The predicted molar refractivity (Wildman–Crippen MR) is 130 cm³/mol. The number of aromatic nitrogens is 1. The number of esters is 1. The summed E-state index contributed by atoms with van der Waals surface area (Å²) in [6.45, 7) is 3.99. The highest BCUT2D eigenvalue weighted by molar-refractivity contribution is 7.09. The van der Waals surface area contributed by atoms with E-state index in [1.54, 1.807) is 54.7 Å². The molecule has 180 valence electrons. The summed E-state index contributed by atoms with van der Waals surface area (Å²) in [5, 5.41) is 6.00. The third kappa shape index (κ3) is 6.24. The quantitative estimate of drug-likeness (QED) is 0.267. The maximum atomic E-state index is 12.7. The molecule has 9 nitrogen and oxygen atoms in total. The molecule has 10 heteroatoms. The molecule has 0 spiro atoms. The zero-order chi connectivity index (χ0) is 24.8. The molecule has 1 N–H and O–H groups in total. The van der Waals surface area contributed by atoms with E-state index in [0.29, 0.717) is 34.6 Å². The van der Waals surface area contributed by atoms with Gasteiger partial charge in [0.25, 0.3) is 0 Å². The number of nitrogens with one attached hydrogen (secondary N) is 1. The summed E-state index contributed by atoms with van der Waals surface area (Å²) >= 11 is 1.54.